The zero-order valence-corrected chi connectivity index (χ0v) is 8.80. The van der Waals surface area contributed by atoms with Crippen LogP contribution in [-0.4, -0.2) is 37.1 Å². The molecule has 0 saturated carbocycles. The van der Waals surface area contributed by atoms with Gasteiger partial charge in [-0.3, -0.25) is 9.69 Å². The van der Waals surface area contributed by atoms with Crippen molar-refractivity contribution in [1.82, 2.24) is 4.90 Å². The van der Waals surface area contributed by atoms with Gasteiger partial charge in [0.15, 0.2) is 0 Å². The molecule has 76 valence electrons. The molecule has 1 fully saturated rings. The van der Waals surface area contributed by atoms with Gasteiger partial charge in [-0.15, -0.1) is 0 Å². The molecule has 0 aromatic rings. The molecular weight excluding hydrogens is 166 g/mol. The van der Waals surface area contributed by atoms with Crippen molar-refractivity contribution in [3.05, 3.63) is 0 Å². The third-order valence-corrected chi connectivity index (χ3v) is 2.61. The first-order valence-corrected chi connectivity index (χ1v) is 4.83. The fourth-order valence-corrected chi connectivity index (χ4v) is 1.44. The fourth-order valence-electron chi connectivity index (χ4n) is 1.44. The summed E-state index contributed by atoms with van der Waals surface area (Å²) in [5.41, 5.74) is -0.235. The minimum atomic E-state index is -0.235. The molecule has 0 amide bonds. The van der Waals surface area contributed by atoms with Gasteiger partial charge in [-0.05, 0) is 13.3 Å². The van der Waals surface area contributed by atoms with Crippen molar-refractivity contribution in [3.8, 4) is 0 Å². The molecule has 0 N–H and O–H groups in total. The van der Waals surface area contributed by atoms with Gasteiger partial charge in [0.05, 0.1) is 6.73 Å². The van der Waals surface area contributed by atoms with Crippen molar-refractivity contribution < 1.29 is 9.53 Å². The van der Waals surface area contributed by atoms with E-state index in [1.165, 1.54) is 0 Å². The van der Waals surface area contributed by atoms with Crippen LogP contribution in [0.25, 0.3) is 0 Å². The summed E-state index contributed by atoms with van der Waals surface area (Å²) < 4.78 is 5.32. The molecule has 0 aromatic heterocycles. The quantitative estimate of drug-likeness (QED) is 0.663. The van der Waals surface area contributed by atoms with E-state index in [4.69, 9.17) is 4.74 Å². The highest BCUT2D eigenvalue weighted by Crippen LogP contribution is 2.19. The maximum absolute atomic E-state index is 11.3. The number of nitrogens with zero attached hydrogens (tertiary/aromatic N) is 1. The lowest BCUT2D eigenvalue weighted by Crippen LogP contribution is -2.42. The maximum atomic E-state index is 11.3. The second-order valence-corrected chi connectivity index (χ2v) is 4.38. The van der Waals surface area contributed by atoms with Crippen LogP contribution in [0.2, 0.25) is 0 Å². The second-order valence-electron chi connectivity index (χ2n) is 4.38. The van der Waals surface area contributed by atoms with Crippen LogP contribution in [-0.2, 0) is 9.53 Å². The first-order chi connectivity index (χ1) is 6.02. The Hall–Kier alpha value is -0.410. The Morgan fingerprint density at radius 3 is 2.69 bits per heavy atom. The minimum absolute atomic E-state index is 0.235. The average molecular weight is 185 g/mol. The summed E-state index contributed by atoms with van der Waals surface area (Å²) >= 11 is 0. The SMILES string of the molecule is CC(=O)C(C)(C)CN1CCCOC1. The lowest BCUT2D eigenvalue weighted by molar-refractivity contribution is -0.127. The topological polar surface area (TPSA) is 29.5 Å². The molecule has 0 unspecified atom stereocenters. The van der Waals surface area contributed by atoms with Crippen molar-refractivity contribution in [2.24, 2.45) is 5.41 Å². The van der Waals surface area contributed by atoms with E-state index in [2.05, 4.69) is 4.90 Å². The molecule has 1 heterocycles. The van der Waals surface area contributed by atoms with E-state index in [9.17, 15) is 4.79 Å². The summed E-state index contributed by atoms with van der Waals surface area (Å²) in [6, 6.07) is 0. The molecule has 0 spiro atoms. The van der Waals surface area contributed by atoms with Gasteiger partial charge in [0.2, 0.25) is 0 Å². The third kappa shape index (κ3) is 3.08. The lowest BCUT2D eigenvalue weighted by atomic mass is 9.88. The monoisotopic (exact) mass is 185 g/mol. The van der Waals surface area contributed by atoms with Gasteiger partial charge in [-0.25, -0.2) is 0 Å². The van der Waals surface area contributed by atoms with Crippen molar-refractivity contribution in [1.29, 1.82) is 0 Å². The third-order valence-electron chi connectivity index (χ3n) is 2.61. The average Bonchev–Trinajstić information content (AvgIpc) is 2.05. The van der Waals surface area contributed by atoms with E-state index in [1.54, 1.807) is 6.92 Å². The van der Waals surface area contributed by atoms with Crippen LogP contribution >= 0.6 is 0 Å². The van der Waals surface area contributed by atoms with Crippen LogP contribution < -0.4 is 0 Å². The molecule has 3 heteroatoms. The molecule has 0 radical (unpaired) electrons. The summed E-state index contributed by atoms with van der Waals surface area (Å²) in [4.78, 5) is 13.5. The zero-order valence-electron chi connectivity index (χ0n) is 8.80. The predicted molar refractivity (Wildman–Crippen MR) is 51.5 cm³/mol. The van der Waals surface area contributed by atoms with E-state index in [0.717, 1.165) is 26.1 Å². The summed E-state index contributed by atoms with van der Waals surface area (Å²) in [5.74, 6) is 0.248. The summed E-state index contributed by atoms with van der Waals surface area (Å²) in [5, 5.41) is 0. The number of ketones is 1. The lowest BCUT2D eigenvalue weighted by Gasteiger charge is -2.33. The van der Waals surface area contributed by atoms with Crippen LogP contribution in [0.1, 0.15) is 27.2 Å². The highest BCUT2D eigenvalue weighted by molar-refractivity contribution is 5.81. The van der Waals surface area contributed by atoms with Crippen molar-refractivity contribution in [3.63, 3.8) is 0 Å². The number of ether oxygens (including phenoxy) is 1. The smallest absolute Gasteiger partial charge is 0.136 e. The first-order valence-electron chi connectivity index (χ1n) is 4.83. The molecular formula is C10H19NO2. The van der Waals surface area contributed by atoms with Gasteiger partial charge in [-0.1, -0.05) is 13.8 Å². The Morgan fingerprint density at radius 2 is 2.23 bits per heavy atom. The summed E-state index contributed by atoms with van der Waals surface area (Å²) in [6.07, 6.45) is 1.08. The van der Waals surface area contributed by atoms with Crippen molar-refractivity contribution in [2.45, 2.75) is 27.2 Å². The molecule has 13 heavy (non-hydrogen) atoms. The van der Waals surface area contributed by atoms with Gasteiger partial charge in [-0.2, -0.15) is 0 Å². The fraction of sp³-hybridized carbons (Fsp3) is 0.900. The Morgan fingerprint density at radius 1 is 1.54 bits per heavy atom. The molecule has 1 aliphatic rings. The van der Waals surface area contributed by atoms with Crippen LogP contribution in [0.5, 0.6) is 0 Å². The number of Topliss-reactive ketones (excluding diaryl/α,β-unsaturated/α-hetero) is 1. The molecule has 0 aromatic carbocycles. The highest BCUT2D eigenvalue weighted by atomic mass is 16.5. The largest absolute Gasteiger partial charge is 0.366 e. The molecule has 0 aliphatic carbocycles. The van der Waals surface area contributed by atoms with Crippen LogP contribution in [0.4, 0.5) is 0 Å². The predicted octanol–water partition coefficient (Wildman–Crippen LogP) is 1.28. The number of carbonyl (C=O) groups is 1. The Bertz CT molecular complexity index is 183. The van der Waals surface area contributed by atoms with Gasteiger partial charge >= 0.3 is 0 Å². The number of rotatable bonds is 3. The van der Waals surface area contributed by atoms with Crippen LogP contribution in [0.3, 0.4) is 0 Å². The molecule has 0 bridgehead atoms. The van der Waals surface area contributed by atoms with E-state index in [0.29, 0.717) is 6.73 Å². The molecule has 3 nitrogen and oxygen atoms in total. The van der Waals surface area contributed by atoms with Crippen molar-refractivity contribution >= 4 is 5.78 Å². The Kier molecular flexibility index (Phi) is 3.45. The van der Waals surface area contributed by atoms with E-state index < -0.39 is 0 Å². The number of carbonyl (C=O) groups excluding carboxylic acids is 1. The van der Waals surface area contributed by atoms with Crippen LogP contribution in [0, 0.1) is 5.41 Å². The Labute approximate surface area is 80.1 Å². The van der Waals surface area contributed by atoms with E-state index in [-0.39, 0.29) is 11.2 Å². The van der Waals surface area contributed by atoms with Crippen molar-refractivity contribution in [2.75, 3.05) is 26.4 Å². The van der Waals surface area contributed by atoms with Gasteiger partial charge in [0, 0.05) is 25.1 Å². The standard InChI is InChI=1S/C10H19NO2/c1-9(12)10(2,3)7-11-5-4-6-13-8-11/h4-8H2,1-3H3. The second kappa shape index (κ2) is 4.20. The molecule has 1 aliphatic heterocycles. The number of hydrogen-bond acceptors (Lipinski definition) is 3. The van der Waals surface area contributed by atoms with Gasteiger partial charge in [0.25, 0.3) is 0 Å². The van der Waals surface area contributed by atoms with Gasteiger partial charge in [0.1, 0.15) is 5.78 Å². The van der Waals surface area contributed by atoms with Crippen LogP contribution in [0.15, 0.2) is 0 Å². The normalized spacial score (nSPS) is 20.2. The number of hydrogen-bond donors (Lipinski definition) is 0. The van der Waals surface area contributed by atoms with E-state index in [1.807, 2.05) is 13.8 Å². The first kappa shape index (κ1) is 10.7. The zero-order chi connectivity index (χ0) is 9.90. The molecule has 1 saturated heterocycles. The minimum Gasteiger partial charge on any atom is -0.366 e. The van der Waals surface area contributed by atoms with Gasteiger partial charge < -0.3 is 4.74 Å². The highest BCUT2D eigenvalue weighted by Gasteiger charge is 2.27. The maximum Gasteiger partial charge on any atom is 0.136 e. The van der Waals surface area contributed by atoms with E-state index >= 15 is 0 Å². The summed E-state index contributed by atoms with van der Waals surface area (Å²) in [7, 11) is 0. The molecule has 0 atom stereocenters. The molecule has 1 rings (SSSR count). The Balaban J connectivity index is 2.41. The summed E-state index contributed by atoms with van der Waals surface area (Å²) in [6.45, 7) is 9.03.